The summed E-state index contributed by atoms with van der Waals surface area (Å²) < 4.78 is 39.3. The van der Waals surface area contributed by atoms with E-state index < -0.39 is 15.8 Å². The average molecular weight is 419 g/mol. The molecule has 0 saturated carbocycles. The number of piperidine rings is 1. The molecule has 2 aromatic carbocycles. The molecule has 156 valence electrons. The van der Waals surface area contributed by atoms with Crippen molar-refractivity contribution in [3.63, 3.8) is 0 Å². The van der Waals surface area contributed by atoms with Crippen molar-refractivity contribution in [3.8, 4) is 0 Å². The molecule has 1 heterocycles. The van der Waals surface area contributed by atoms with Gasteiger partial charge in [0.15, 0.2) is 0 Å². The molecule has 7 heteroatoms. The molecule has 0 bridgehead atoms. The fourth-order valence-corrected chi connectivity index (χ4v) is 4.41. The summed E-state index contributed by atoms with van der Waals surface area (Å²) >= 11 is 0. The van der Waals surface area contributed by atoms with Crippen molar-refractivity contribution in [2.24, 2.45) is 5.92 Å². The zero-order chi connectivity index (χ0) is 20.9. The molecule has 0 aliphatic carbocycles. The number of carbonyl (C=O) groups excluding carboxylic acids is 1. The zero-order valence-electron chi connectivity index (χ0n) is 16.6. The van der Waals surface area contributed by atoms with E-state index in [1.807, 2.05) is 18.2 Å². The normalized spacial score (nSPS) is 15.6. The van der Waals surface area contributed by atoms with Crippen molar-refractivity contribution in [2.75, 3.05) is 25.9 Å². The molecule has 1 saturated heterocycles. The average Bonchev–Trinajstić information content (AvgIpc) is 2.69. The van der Waals surface area contributed by atoms with Crippen LogP contribution in [0.15, 0.2) is 54.6 Å². The van der Waals surface area contributed by atoms with Gasteiger partial charge in [0.2, 0.25) is 15.9 Å². The largest absolute Gasteiger partial charge is 0.342 e. The molecule has 0 atom stereocenters. The van der Waals surface area contributed by atoms with Gasteiger partial charge in [-0.15, -0.1) is 0 Å². The summed E-state index contributed by atoms with van der Waals surface area (Å²) in [6.07, 6.45) is 3.83. The van der Waals surface area contributed by atoms with Crippen LogP contribution >= 0.6 is 0 Å². The fraction of sp³-hybridized carbons (Fsp3) is 0.409. The molecule has 0 unspecified atom stereocenters. The van der Waals surface area contributed by atoms with Crippen LogP contribution in [0.2, 0.25) is 0 Å². The van der Waals surface area contributed by atoms with Gasteiger partial charge in [0.25, 0.3) is 0 Å². The molecule has 1 amide bonds. The smallest absolute Gasteiger partial charge is 0.237 e. The Labute approximate surface area is 172 Å². The Balaban J connectivity index is 1.57. The summed E-state index contributed by atoms with van der Waals surface area (Å²) in [4.78, 5) is 14.4. The van der Waals surface area contributed by atoms with Gasteiger partial charge in [-0.2, -0.15) is 4.31 Å². The first-order valence-electron chi connectivity index (χ1n) is 9.83. The lowest BCUT2D eigenvalue weighted by molar-refractivity contribution is -0.132. The second-order valence-corrected chi connectivity index (χ2v) is 9.62. The molecule has 1 fully saturated rings. The number of hydrogen-bond acceptors (Lipinski definition) is 3. The lowest BCUT2D eigenvalue weighted by Gasteiger charge is -2.33. The van der Waals surface area contributed by atoms with E-state index in [9.17, 15) is 17.6 Å². The Morgan fingerprint density at radius 1 is 1.07 bits per heavy atom. The minimum Gasteiger partial charge on any atom is -0.342 e. The molecule has 0 spiro atoms. The summed E-state index contributed by atoms with van der Waals surface area (Å²) in [5, 5.41) is 0. The maximum atomic E-state index is 13.9. The fourth-order valence-electron chi connectivity index (χ4n) is 3.69. The van der Waals surface area contributed by atoms with Crippen molar-refractivity contribution in [1.82, 2.24) is 9.21 Å². The van der Waals surface area contributed by atoms with Crippen molar-refractivity contribution in [3.05, 3.63) is 71.5 Å². The summed E-state index contributed by atoms with van der Waals surface area (Å²) in [5.74, 6) is -0.189. The van der Waals surface area contributed by atoms with Gasteiger partial charge in [-0.05, 0) is 36.8 Å². The Morgan fingerprint density at radius 3 is 2.31 bits per heavy atom. The number of sulfonamides is 1. The minimum atomic E-state index is -3.65. The van der Waals surface area contributed by atoms with Crippen LogP contribution in [0.3, 0.4) is 0 Å². The molecule has 1 aliphatic rings. The molecule has 29 heavy (non-hydrogen) atoms. The van der Waals surface area contributed by atoms with Gasteiger partial charge in [-0.25, -0.2) is 12.8 Å². The quantitative estimate of drug-likeness (QED) is 0.694. The summed E-state index contributed by atoms with van der Waals surface area (Å²) in [6, 6.07) is 16.3. The lowest BCUT2D eigenvalue weighted by atomic mass is 9.90. The summed E-state index contributed by atoms with van der Waals surface area (Å²) in [7, 11) is -3.65. The summed E-state index contributed by atoms with van der Waals surface area (Å²) in [6.45, 7) is 0.819. The Hall–Kier alpha value is -2.25. The maximum absolute atomic E-state index is 13.9. The predicted molar refractivity (Wildman–Crippen MR) is 111 cm³/mol. The van der Waals surface area contributed by atoms with Gasteiger partial charge in [0.05, 0.1) is 12.8 Å². The monoisotopic (exact) mass is 418 g/mol. The van der Waals surface area contributed by atoms with Gasteiger partial charge in [-0.1, -0.05) is 48.5 Å². The van der Waals surface area contributed by atoms with Crippen molar-refractivity contribution in [2.45, 2.75) is 25.8 Å². The van der Waals surface area contributed by atoms with Crippen LogP contribution < -0.4 is 0 Å². The zero-order valence-corrected chi connectivity index (χ0v) is 17.4. The third-order valence-corrected chi connectivity index (χ3v) is 6.62. The lowest BCUT2D eigenvalue weighted by Crippen LogP contribution is -2.45. The van der Waals surface area contributed by atoms with Crippen molar-refractivity contribution < 1.29 is 17.6 Å². The number of rotatable bonds is 7. The summed E-state index contributed by atoms with van der Waals surface area (Å²) in [5.41, 5.74) is 1.55. The number of benzene rings is 2. The van der Waals surface area contributed by atoms with Crippen LogP contribution in [-0.4, -0.2) is 49.4 Å². The van der Waals surface area contributed by atoms with Crippen LogP contribution in [0.25, 0.3) is 0 Å². The first-order chi connectivity index (χ1) is 13.8. The Morgan fingerprint density at radius 2 is 1.69 bits per heavy atom. The van der Waals surface area contributed by atoms with Gasteiger partial charge >= 0.3 is 0 Å². The SMILES string of the molecule is CS(=O)(=O)N(CC(=O)N1CCC(Cc2ccccc2)CC1)Cc1ccccc1F. The van der Waals surface area contributed by atoms with Crippen LogP contribution in [0.1, 0.15) is 24.0 Å². The van der Waals surface area contributed by atoms with Gasteiger partial charge in [0.1, 0.15) is 5.82 Å². The molecule has 5 nitrogen and oxygen atoms in total. The second-order valence-electron chi connectivity index (χ2n) is 7.64. The highest BCUT2D eigenvalue weighted by atomic mass is 32.2. The predicted octanol–water partition coefficient (Wildman–Crippen LogP) is 3.07. The molecule has 1 aliphatic heterocycles. The van der Waals surface area contributed by atoms with E-state index in [1.165, 1.54) is 17.7 Å². The Kier molecular flexibility index (Phi) is 7.03. The highest BCUT2D eigenvalue weighted by Crippen LogP contribution is 2.22. The second kappa shape index (κ2) is 9.50. The molecule has 3 rings (SSSR count). The molecule has 0 radical (unpaired) electrons. The maximum Gasteiger partial charge on any atom is 0.237 e. The first-order valence-corrected chi connectivity index (χ1v) is 11.7. The van der Waals surface area contributed by atoms with E-state index in [1.54, 1.807) is 17.0 Å². The van der Waals surface area contributed by atoms with Crippen LogP contribution in [0.4, 0.5) is 4.39 Å². The molecular weight excluding hydrogens is 391 g/mol. The third kappa shape index (κ3) is 6.11. The first kappa shape index (κ1) is 21.5. The van der Waals surface area contributed by atoms with Crippen LogP contribution in [-0.2, 0) is 27.8 Å². The molecule has 0 N–H and O–H groups in total. The van der Waals surface area contributed by atoms with E-state index in [0.29, 0.717) is 19.0 Å². The topological polar surface area (TPSA) is 57.7 Å². The highest BCUT2D eigenvalue weighted by Gasteiger charge is 2.27. The minimum absolute atomic E-state index is 0.151. The van der Waals surface area contributed by atoms with Gasteiger partial charge in [-0.3, -0.25) is 4.79 Å². The number of carbonyl (C=O) groups is 1. The van der Waals surface area contributed by atoms with Crippen molar-refractivity contribution in [1.29, 1.82) is 0 Å². The van der Waals surface area contributed by atoms with E-state index in [4.69, 9.17) is 0 Å². The van der Waals surface area contributed by atoms with Crippen molar-refractivity contribution >= 4 is 15.9 Å². The van der Waals surface area contributed by atoms with E-state index >= 15 is 0 Å². The molecule has 0 aromatic heterocycles. The number of nitrogens with zero attached hydrogens (tertiary/aromatic N) is 2. The van der Waals surface area contributed by atoms with Crippen LogP contribution in [0.5, 0.6) is 0 Å². The number of hydrogen-bond donors (Lipinski definition) is 0. The molecule has 2 aromatic rings. The van der Waals surface area contributed by atoms with Crippen LogP contribution in [0, 0.1) is 11.7 Å². The van der Waals surface area contributed by atoms with Gasteiger partial charge < -0.3 is 4.90 Å². The number of halogens is 1. The van der Waals surface area contributed by atoms with E-state index in [0.717, 1.165) is 29.8 Å². The van der Waals surface area contributed by atoms with Gasteiger partial charge in [0, 0.05) is 25.2 Å². The van der Waals surface area contributed by atoms with E-state index in [-0.39, 0.29) is 24.6 Å². The standard InChI is InChI=1S/C22H27FN2O3S/c1-29(27,28)25(16-20-9-5-6-10-21(20)23)17-22(26)24-13-11-19(12-14-24)15-18-7-3-2-4-8-18/h2-10,19H,11-17H2,1H3. The third-order valence-electron chi connectivity index (χ3n) is 5.42. The number of amides is 1. The number of likely N-dealkylation sites (tertiary alicyclic amines) is 1. The highest BCUT2D eigenvalue weighted by molar-refractivity contribution is 7.88. The molecular formula is C22H27FN2O3S. The Bertz CT molecular complexity index is 926. The van der Waals surface area contributed by atoms with E-state index in [2.05, 4.69) is 12.1 Å².